The maximum atomic E-state index is 11.4. The zero-order chi connectivity index (χ0) is 15.4. The highest BCUT2D eigenvalue weighted by Gasteiger charge is 2.10. The molecule has 0 radical (unpaired) electrons. The van der Waals surface area contributed by atoms with Crippen molar-refractivity contribution in [3.63, 3.8) is 0 Å². The van der Waals surface area contributed by atoms with Gasteiger partial charge in [0.1, 0.15) is 0 Å². The Morgan fingerprint density at radius 3 is 2.48 bits per heavy atom. The first-order valence-electron chi connectivity index (χ1n) is 6.51. The number of nitrogens with two attached hydrogens (primary N) is 1. The van der Waals surface area contributed by atoms with E-state index >= 15 is 0 Å². The molecule has 0 aromatic heterocycles. The molecule has 2 rings (SSSR count). The summed E-state index contributed by atoms with van der Waals surface area (Å²) in [5, 5.41) is 4.01. The van der Waals surface area contributed by atoms with Gasteiger partial charge in [-0.15, -0.1) is 0 Å². The highest BCUT2D eigenvalue weighted by molar-refractivity contribution is 6.30. The molecule has 0 saturated heterocycles. The first-order chi connectivity index (χ1) is 10.0. The zero-order valence-corrected chi connectivity index (χ0v) is 12.6. The summed E-state index contributed by atoms with van der Waals surface area (Å²) in [6, 6.07) is 12.7. The molecule has 0 saturated carbocycles. The van der Waals surface area contributed by atoms with Crippen LogP contribution in [0, 0.1) is 0 Å². The number of carbonyl (C=O) groups excluding carboxylic acids is 1. The van der Waals surface area contributed by atoms with Crippen LogP contribution in [0.2, 0.25) is 5.02 Å². The minimum Gasteiger partial charge on any atom is -0.465 e. The van der Waals surface area contributed by atoms with Gasteiger partial charge in [-0.05, 0) is 42.8 Å². The number of carbonyl (C=O) groups is 1. The van der Waals surface area contributed by atoms with Crippen molar-refractivity contribution >= 4 is 28.9 Å². The SMILES string of the molecule is COC(=O)c1ccc(NC(C)c2ccc(Cl)cc2)c(N)c1. The standard InChI is InChI=1S/C16H17ClN2O2/c1-10(11-3-6-13(17)7-4-11)19-15-8-5-12(9-14(15)18)16(20)21-2/h3-10,19H,18H2,1-2H3. The van der Waals surface area contributed by atoms with Crippen LogP contribution in [0.3, 0.4) is 0 Å². The number of ether oxygens (including phenoxy) is 1. The zero-order valence-electron chi connectivity index (χ0n) is 11.9. The molecule has 0 aliphatic heterocycles. The molecule has 4 nitrogen and oxygen atoms in total. The van der Waals surface area contributed by atoms with Crippen LogP contribution >= 0.6 is 11.6 Å². The lowest BCUT2D eigenvalue weighted by Crippen LogP contribution is -2.09. The Hall–Kier alpha value is -2.20. The molecule has 1 atom stereocenters. The average Bonchev–Trinajstić information content (AvgIpc) is 2.49. The summed E-state index contributed by atoms with van der Waals surface area (Å²) in [4.78, 5) is 11.4. The Balaban J connectivity index is 2.15. The summed E-state index contributed by atoms with van der Waals surface area (Å²) in [5.41, 5.74) is 8.76. The summed E-state index contributed by atoms with van der Waals surface area (Å²) < 4.78 is 4.67. The smallest absolute Gasteiger partial charge is 0.337 e. The molecule has 0 fully saturated rings. The molecule has 2 aromatic carbocycles. The number of nitrogen functional groups attached to an aromatic ring is 1. The van der Waals surface area contributed by atoms with Crippen molar-refractivity contribution in [1.82, 2.24) is 0 Å². The number of halogens is 1. The normalized spacial score (nSPS) is 11.8. The van der Waals surface area contributed by atoms with Crippen LogP contribution in [0.25, 0.3) is 0 Å². The van der Waals surface area contributed by atoms with E-state index in [0.717, 1.165) is 11.3 Å². The second kappa shape index (κ2) is 6.50. The fourth-order valence-electron chi connectivity index (χ4n) is 2.01. The molecule has 0 bridgehead atoms. The Labute approximate surface area is 128 Å². The summed E-state index contributed by atoms with van der Waals surface area (Å²) in [7, 11) is 1.34. The number of esters is 1. The van der Waals surface area contributed by atoms with Crippen molar-refractivity contribution in [2.24, 2.45) is 0 Å². The molecule has 0 aliphatic rings. The maximum Gasteiger partial charge on any atom is 0.337 e. The molecule has 110 valence electrons. The number of anilines is 2. The average molecular weight is 305 g/mol. The molecule has 5 heteroatoms. The van der Waals surface area contributed by atoms with E-state index in [4.69, 9.17) is 17.3 Å². The van der Waals surface area contributed by atoms with Crippen molar-refractivity contribution in [1.29, 1.82) is 0 Å². The third kappa shape index (κ3) is 3.67. The van der Waals surface area contributed by atoms with E-state index in [-0.39, 0.29) is 6.04 Å². The fraction of sp³-hybridized carbons (Fsp3) is 0.188. The van der Waals surface area contributed by atoms with Crippen LogP contribution in [0.1, 0.15) is 28.9 Å². The minimum absolute atomic E-state index is 0.0635. The van der Waals surface area contributed by atoms with Gasteiger partial charge in [0.05, 0.1) is 24.0 Å². The largest absolute Gasteiger partial charge is 0.465 e. The summed E-state index contributed by atoms with van der Waals surface area (Å²) in [5.74, 6) is -0.404. The van der Waals surface area contributed by atoms with E-state index in [0.29, 0.717) is 16.3 Å². The van der Waals surface area contributed by atoms with Gasteiger partial charge < -0.3 is 15.8 Å². The lowest BCUT2D eigenvalue weighted by molar-refractivity contribution is 0.0601. The van der Waals surface area contributed by atoms with Crippen molar-refractivity contribution < 1.29 is 9.53 Å². The monoisotopic (exact) mass is 304 g/mol. The predicted octanol–water partition coefficient (Wildman–Crippen LogP) is 3.88. The molecule has 0 aliphatic carbocycles. The van der Waals surface area contributed by atoms with Crippen molar-refractivity contribution in [3.05, 3.63) is 58.6 Å². The molecule has 0 spiro atoms. The molecule has 0 amide bonds. The summed E-state index contributed by atoms with van der Waals surface area (Å²) >= 11 is 5.88. The second-order valence-electron chi connectivity index (χ2n) is 4.71. The number of hydrogen-bond acceptors (Lipinski definition) is 4. The lowest BCUT2D eigenvalue weighted by Gasteiger charge is -2.17. The Morgan fingerprint density at radius 2 is 1.90 bits per heavy atom. The van der Waals surface area contributed by atoms with Crippen molar-refractivity contribution in [2.75, 3.05) is 18.2 Å². The van der Waals surface area contributed by atoms with Crippen LogP contribution in [-0.2, 0) is 4.74 Å². The van der Waals surface area contributed by atoms with E-state index < -0.39 is 5.97 Å². The molecular formula is C16H17ClN2O2. The van der Waals surface area contributed by atoms with E-state index in [1.165, 1.54) is 7.11 Å². The topological polar surface area (TPSA) is 64.3 Å². The summed E-state index contributed by atoms with van der Waals surface area (Å²) in [6.07, 6.45) is 0. The molecular weight excluding hydrogens is 288 g/mol. The van der Waals surface area contributed by atoms with Gasteiger partial charge in [0.2, 0.25) is 0 Å². The first-order valence-corrected chi connectivity index (χ1v) is 6.89. The number of nitrogens with one attached hydrogen (secondary N) is 1. The molecule has 0 heterocycles. The van der Waals surface area contributed by atoms with Crippen molar-refractivity contribution in [2.45, 2.75) is 13.0 Å². The van der Waals surface area contributed by atoms with Gasteiger partial charge >= 0.3 is 5.97 Å². The third-order valence-electron chi connectivity index (χ3n) is 3.21. The van der Waals surface area contributed by atoms with Gasteiger partial charge in [0.25, 0.3) is 0 Å². The van der Waals surface area contributed by atoms with Crippen LogP contribution in [-0.4, -0.2) is 13.1 Å². The van der Waals surface area contributed by atoms with Crippen LogP contribution in [0.15, 0.2) is 42.5 Å². The fourth-order valence-corrected chi connectivity index (χ4v) is 2.13. The van der Waals surface area contributed by atoms with Crippen LogP contribution in [0.4, 0.5) is 11.4 Å². The number of methoxy groups -OCH3 is 1. The third-order valence-corrected chi connectivity index (χ3v) is 3.47. The quantitative estimate of drug-likeness (QED) is 0.664. The van der Waals surface area contributed by atoms with Gasteiger partial charge in [0, 0.05) is 11.1 Å². The van der Waals surface area contributed by atoms with Gasteiger partial charge in [-0.2, -0.15) is 0 Å². The second-order valence-corrected chi connectivity index (χ2v) is 5.15. The number of rotatable bonds is 4. The Morgan fingerprint density at radius 1 is 1.24 bits per heavy atom. The van der Waals surface area contributed by atoms with E-state index in [2.05, 4.69) is 10.1 Å². The highest BCUT2D eigenvalue weighted by Crippen LogP contribution is 2.26. The van der Waals surface area contributed by atoms with E-state index in [1.807, 2.05) is 31.2 Å². The van der Waals surface area contributed by atoms with Gasteiger partial charge in [-0.25, -0.2) is 4.79 Å². The van der Waals surface area contributed by atoms with Crippen LogP contribution in [0.5, 0.6) is 0 Å². The van der Waals surface area contributed by atoms with Gasteiger partial charge in [-0.1, -0.05) is 23.7 Å². The number of hydrogen-bond donors (Lipinski definition) is 2. The molecule has 1 unspecified atom stereocenters. The first kappa shape index (κ1) is 15.2. The Kier molecular flexibility index (Phi) is 4.70. The van der Waals surface area contributed by atoms with Crippen molar-refractivity contribution in [3.8, 4) is 0 Å². The Bertz CT molecular complexity index is 641. The molecule has 21 heavy (non-hydrogen) atoms. The van der Waals surface area contributed by atoms with E-state index in [1.54, 1.807) is 18.2 Å². The molecule has 3 N–H and O–H groups in total. The number of benzene rings is 2. The maximum absolute atomic E-state index is 11.4. The van der Waals surface area contributed by atoms with Crippen LogP contribution < -0.4 is 11.1 Å². The highest BCUT2D eigenvalue weighted by atomic mass is 35.5. The molecule has 2 aromatic rings. The predicted molar refractivity (Wildman–Crippen MR) is 85.7 cm³/mol. The minimum atomic E-state index is -0.404. The summed E-state index contributed by atoms with van der Waals surface area (Å²) in [6.45, 7) is 2.02. The lowest BCUT2D eigenvalue weighted by atomic mass is 10.1. The van der Waals surface area contributed by atoms with E-state index in [9.17, 15) is 4.79 Å². The van der Waals surface area contributed by atoms with Gasteiger partial charge in [-0.3, -0.25) is 0 Å². The van der Waals surface area contributed by atoms with Gasteiger partial charge in [0.15, 0.2) is 0 Å².